The minimum Gasteiger partial charge on any atom is -0.481 e. The molecule has 0 fully saturated rings. The summed E-state index contributed by atoms with van der Waals surface area (Å²) >= 11 is 0. The smallest absolute Gasteiger partial charge is 0.303 e. The van der Waals surface area contributed by atoms with Gasteiger partial charge in [-0.1, -0.05) is 0 Å². The average molecular weight is 277 g/mol. The maximum absolute atomic E-state index is 10.7. The normalized spacial score (nSPS) is 11.4. The van der Waals surface area contributed by atoms with Gasteiger partial charge in [-0.2, -0.15) is 5.26 Å². The summed E-state index contributed by atoms with van der Waals surface area (Å²) in [6, 6.07) is 6.04. The number of anilines is 1. The third-order valence-corrected chi connectivity index (χ3v) is 2.75. The summed E-state index contributed by atoms with van der Waals surface area (Å²) in [7, 11) is 0. The van der Waals surface area contributed by atoms with E-state index in [0.29, 0.717) is 18.5 Å². The predicted molar refractivity (Wildman–Crippen MR) is 72.4 cm³/mol. The molecular formula is C13H15N3O4. The Hall–Kier alpha value is -2.62. The molecule has 0 aliphatic carbocycles. The highest BCUT2D eigenvalue weighted by atomic mass is 16.6. The molecule has 1 unspecified atom stereocenters. The van der Waals surface area contributed by atoms with Gasteiger partial charge in [0.05, 0.1) is 4.92 Å². The van der Waals surface area contributed by atoms with Crippen molar-refractivity contribution < 1.29 is 14.8 Å². The second-order valence-corrected chi connectivity index (χ2v) is 4.43. The van der Waals surface area contributed by atoms with Crippen LogP contribution in [0.1, 0.15) is 31.7 Å². The number of carboxylic acids is 1. The second-order valence-electron chi connectivity index (χ2n) is 4.43. The minimum atomic E-state index is -0.834. The Morgan fingerprint density at radius 2 is 2.30 bits per heavy atom. The highest BCUT2D eigenvalue weighted by molar-refractivity contribution is 5.66. The van der Waals surface area contributed by atoms with Crippen LogP contribution >= 0.6 is 0 Å². The van der Waals surface area contributed by atoms with E-state index in [1.54, 1.807) is 6.07 Å². The fourth-order valence-electron chi connectivity index (χ4n) is 1.79. The Balaban J connectivity index is 2.67. The number of carboxylic acid groups (broad SMARTS) is 1. The van der Waals surface area contributed by atoms with E-state index >= 15 is 0 Å². The van der Waals surface area contributed by atoms with Gasteiger partial charge in [0.15, 0.2) is 0 Å². The standard InChI is InChI=1S/C13H15N3O4/c1-9(3-2-4-13(17)18)15-11-5-6-12(16(19)20)10(7-11)8-14/h5-7,9,15H,2-4H2,1H3,(H,17,18). The van der Waals surface area contributed by atoms with Crippen LogP contribution in [0.15, 0.2) is 18.2 Å². The number of nitro groups is 1. The fourth-order valence-corrected chi connectivity index (χ4v) is 1.79. The zero-order valence-electron chi connectivity index (χ0n) is 11.0. The van der Waals surface area contributed by atoms with Crippen LogP contribution in [-0.4, -0.2) is 22.0 Å². The van der Waals surface area contributed by atoms with Gasteiger partial charge in [-0.05, 0) is 31.9 Å². The van der Waals surface area contributed by atoms with Crippen LogP contribution in [0.25, 0.3) is 0 Å². The first kappa shape index (κ1) is 15.4. The summed E-state index contributed by atoms with van der Waals surface area (Å²) < 4.78 is 0. The Morgan fingerprint density at radius 3 is 2.85 bits per heavy atom. The molecule has 0 heterocycles. The van der Waals surface area contributed by atoms with E-state index in [1.807, 2.05) is 6.92 Å². The molecule has 0 aliphatic rings. The molecule has 106 valence electrons. The third-order valence-electron chi connectivity index (χ3n) is 2.75. The van der Waals surface area contributed by atoms with Crippen LogP contribution in [0.4, 0.5) is 11.4 Å². The van der Waals surface area contributed by atoms with Crippen molar-refractivity contribution in [3.05, 3.63) is 33.9 Å². The Morgan fingerprint density at radius 1 is 1.60 bits per heavy atom. The Labute approximate surface area is 116 Å². The summed E-state index contributed by atoms with van der Waals surface area (Å²) in [6.07, 6.45) is 1.31. The molecule has 2 N–H and O–H groups in total. The number of nitrogens with one attached hydrogen (secondary N) is 1. The lowest BCUT2D eigenvalue weighted by atomic mass is 10.1. The number of nitrogens with zero attached hydrogens (tertiary/aromatic N) is 2. The first-order valence-corrected chi connectivity index (χ1v) is 6.11. The van der Waals surface area contributed by atoms with Gasteiger partial charge in [-0.3, -0.25) is 14.9 Å². The minimum absolute atomic E-state index is 0.00210. The molecule has 0 aromatic heterocycles. The lowest BCUT2D eigenvalue weighted by molar-refractivity contribution is -0.385. The Bertz CT molecular complexity index is 551. The van der Waals surface area contributed by atoms with E-state index in [9.17, 15) is 14.9 Å². The van der Waals surface area contributed by atoms with Gasteiger partial charge in [-0.15, -0.1) is 0 Å². The second kappa shape index (κ2) is 7.09. The number of benzene rings is 1. The van der Waals surface area contributed by atoms with Gasteiger partial charge < -0.3 is 10.4 Å². The van der Waals surface area contributed by atoms with Crippen molar-refractivity contribution in [3.8, 4) is 6.07 Å². The Kier molecular flexibility index (Phi) is 5.47. The molecule has 0 radical (unpaired) electrons. The van der Waals surface area contributed by atoms with E-state index in [-0.39, 0.29) is 23.7 Å². The van der Waals surface area contributed by atoms with Crippen LogP contribution in [0.5, 0.6) is 0 Å². The molecule has 7 nitrogen and oxygen atoms in total. The number of carbonyl (C=O) groups is 1. The van der Waals surface area contributed by atoms with Gasteiger partial charge in [-0.25, -0.2) is 0 Å². The van der Waals surface area contributed by atoms with Crippen molar-refractivity contribution in [1.29, 1.82) is 5.26 Å². The van der Waals surface area contributed by atoms with Crippen molar-refractivity contribution in [1.82, 2.24) is 0 Å². The number of nitriles is 1. The van der Waals surface area contributed by atoms with Gasteiger partial charge in [0.25, 0.3) is 5.69 Å². The number of nitro benzene ring substituents is 1. The van der Waals surface area contributed by atoms with E-state index in [1.165, 1.54) is 18.2 Å². The van der Waals surface area contributed by atoms with Gasteiger partial charge >= 0.3 is 5.97 Å². The molecule has 0 spiro atoms. The van der Waals surface area contributed by atoms with Crippen LogP contribution in [0.2, 0.25) is 0 Å². The van der Waals surface area contributed by atoms with E-state index in [4.69, 9.17) is 10.4 Å². The number of hydrogen-bond donors (Lipinski definition) is 2. The average Bonchev–Trinajstić information content (AvgIpc) is 2.37. The first-order chi connectivity index (χ1) is 9.43. The highest BCUT2D eigenvalue weighted by Crippen LogP contribution is 2.22. The molecule has 1 aromatic carbocycles. The lowest BCUT2D eigenvalue weighted by Gasteiger charge is -2.14. The fraction of sp³-hybridized carbons (Fsp3) is 0.385. The molecule has 1 aromatic rings. The summed E-state index contributed by atoms with van der Waals surface area (Å²) in [6.45, 7) is 1.88. The number of aliphatic carboxylic acids is 1. The van der Waals surface area contributed by atoms with E-state index in [2.05, 4.69) is 5.32 Å². The van der Waals surface area contributed by atoms with Gasteiger partial charge in [0.2, 0.25) is 0 Å². The van der Waals surface area contributed by atoms with Crippen molar-refractivity contribution in [2.24, 2.45) is 0 Å². The third kappa shape index (κ3) is 4.57. The molecule has 1 atom stereocenters. The van der Waals surface area contributed by atoms with E-state index < -0.39 is 10.9 Å². The van der Waals surface area contributed by atoms with Crippen molar-refractivity contribution in [2.45, 2.75) is 32.2 Å². The van der Waals surface area contributed by atoms with Crippen LogP contribution in [-0.2, 0) is 4.79 Å². The SMILES string of the molecule is CC(CCCC(=O)O)Nc1ccc([N+](=O)[O-])c(C#N)c1. The number of rotatable bonds is 7. The molecule has 0 amide bonds. The van der Waals surface area contributed by atoms with E-state index in [0.717, 1.165) is 0 Å². The summed E-state index contributed by atoms with van der Waals surface area (Å²) in [5.41, 5.74) is 0.379. The molecule has 0 bridgehead atoms. The quantitative estimate of drug-likeness (QED) is 0.584. The van der Waals surface area contributed by atoms with Crippen LogP contribution in [0, 0.1) is 21.4 Å². The zero-order chi connectivity index (χ0) is 15.1. The first-order valence-electron chi connectivity index (χ1n) is 6.11. The van der Waals surface area contributed by atoms with Gasteiger partial charge in [0.1, 0.15) is 11.6 Å². The number of hydrogen-bond acceptors (Lipinski definition) is 5. The zero-order valence-corrected chi connectivity index (χ0v) is 11.0. The largest absolute Gasteiger partial charge is 0.481 e. The molecule has 20 heavy (non-hydrogen) atoms. The summed E-state index contributed by atoms with van der Waals surface area (Å²) in [4.78, 5) is 20.5. The molecule has 0 saturated carbocycles. The summed E-state index contributed by atoms with van der Waals surface area (Å²) in [5, 5.41) is 31.2. The van der Waals surface area contributed by atoms with Crippen molar-refractivity contribution >= 4 is 17.3 Å². The van der Waals surface area contributed by atoms with Crippen molar-refractivity contribution in [3.63, 3.8) is 0 Å². The predicted octanol–water partition coefficient (Wildman–Crippen LogP) is 2.52. The maximum Gasteiger partial charge on any atom is 0.303 e. The monoisotopic (exact) mass is 277 g/mol. The summed E-state index contributed by atoms with van der Waals surface area (Å²) in [5.74, 6) is -0.834. The molecule has 0 aliphatic heterocycles. The van der Waals surface area contributed by atoms with Gasteiger partial charge in [0, 0.05) is 24.2 Å². The van der Waals surface area contributed by atoms with Crippen LogP contribution < -0.4 is 5.32 Å². The highest BCUT2D eigenvalue weighted by Gasteiger charge is 2.14. The molecular weight excluding hydrogens is 262 g/mol. The molecule has 7 heteroatoms. The molecule has 1 rings (SSSR count). The van der Waals surface area contributed by atoms with Crippen molar-refractivity contribution in [2.75, 3.05) is 5.32 Å². The topological polar surface area (TPSA) is 116 Å². The molecule has 0 saturated heterocycles. The maximum atomic E-state index is 10.7. The van der Waals surface area contributed by atoms with Crippen LogP contribution in [0.3, 0.4) is 0 Å². The lowest BCUT2D eigenvalue weighted by Crippen LogP contribution is -2.15.